The quantitative estimate of drug-likeness (QED) is 0.176. The molecule has 15 heteroatoms. The summed E-state index contributed by atoms with van der Waals surface area (Å²) in [4.78, 5) is 34.2. The number of fused-ring (bicyclic) bond motifs is 4. The van der Waals surface area contributed by atoms with Gasteiger partial charge >= 0.3 is 0 Å². The molecule has 0 radical (unpaired) electrons. The van der Waals surface area contributed by atoms with Crippen molar-refractivity contribution in [3.05, 3.63) is 138 Å². The molecule has 8 aromatic rings. The third kappa shape index (κ3) is 9.46. The van der Waals surface area contributed by atoms with Crippen molar-refractivity contribution in [3.63, 3.8) is 0 Å². The lowest BCUT2D eigenvalue weighted by Crippen LogP contribution is -2.36. The van der Waals surface area contributed by atoms with Crippen LogP contribution in [-0.4, -0.2) is 109 Å². The molecule has 0 amide bonds. The second kappa shape index (κ2) is 20.2. The molecule has 0 bridgehead atoms. The van der Waals surface area contributed by atoms with E-state index in [1.165, 1.54) is 11.4 Å². The Bertz CT molecular complexity index is 2990. The summed E-state index contributed by atoms with van der Waals surface area (Å²) in [6, 6.07) is 32.3. The highest BCUT2D eigenvalue weighted by Gasteiger charge is 2.27. The zero-order valence-corrected chi connectivity index (χ0v) is 38.3. The maximum atomic E-state index is 6.37. The van der Waals surface area contributed by atoms with E-state index < -0.39 is 0 Å². The van der Waals surface area contributed by atoms with Crippen LogP contribution in [-0.2, 0) is 9.47 Å². The number of rotatable bonds is 5. The molecule has 2 aromatic carbocycles. The Morgan fingerprint density at radius 1 is 0.537 bits per heavy atom. The zero-order valence-electron chi connectivity index (χ0n) is 37.6. The summed E-state index contributed by atoms with van der Waals surface area (Å²) in [7, 11) is 0. The number of morpholine rings is 2. The maximum absolute atomic E-state index is 6.37. The fourth-order valence-electron chi connectivity index (χ4n) is 8.78. The lowest BCUT2D eigenvalue weighted by Gasteiger charge is -2.35. The van der Waals surface area contributed by atoms with Gasteiger partial charge in [-0.25, -0.2) is 19.9 Å². The Morgan fingerprint density at radius 2 is 1.10 bits per heavy atom. The molecule has 10 heterocycles. The smallest absolute Gasteiger partial charge is 0.161 e. The van der Waals surface area contributed by atoms with Gasteiger partial charge in [-0.2, -0.15) is 0 Å². The predicted octanol–water partition coefficient (Wildman–Crippen LogP) is 9.35. The molecular formula is C52H51ClN10O4. The fraction of sp³-hybridized carbons (Fsp3) is 0.269. The van der Waals surface area contributed by atoms with Crippen molar-refractivity contribution in [1.29, 1.82) is 0 Å². The minimum absolute atomic E-state index is 0.617. The van der Waals surface area contributed by atoms with Crippen LogP contribution in [0.1, 0.15) is 11.1 Å². The Kier molecular flexibility index (Phi) is 13.2. The van der Waals surface area contributed by atoms with Gasteiger partial charge in [0.05, 0.1) is 77.8 Å². The molecule has 1 N–H and O–H groups in total. The summed E-state index contributed by atoms with van der Waals surface area (Å²) in [5.74, 6) is 1.86. The van der Waals surface area contributed by atoms with Gasteiger partial charge < -0.3 is 39.0 Å². The van der Waals surface area contributed by atoms with E-state index in [4.69, 9.17) is 35.5 Å². The average molecular weight is 915 g/mol. The molecule has 0 aliphatic carbocycles. The van der Waals surface area contributed by atoms with Gasteiger partial charge in [0.25, 0.3) is 0 Å². The molecule has 0 saturated carbocycles. The van der Waals surface area contributed by atoms with E-state index in [1.54, 1.807) is 24.8 Å². The third-order valence-corrected chi connectivity index (χ3v) is 12.7. The molecule has 0 spiro atoms. The second-order valence-electron chi connectivity index (χ2n) is 16.3. The average Bonchev–Trinajstić information content (AvgIpc) is 3.40. The van der Waals surface area contributed by atoms with Gasteiger partial charge in [0, 0.05) is 85.2 Å². The van der Waals surface area contributed by atoms with E-state index in [-0.39, 0.29) is 0 Å². The Labute approximate surface area is 394 Å². The predicted molar refractivity (Wildman–Crippen MR) is 265 cm³/mol. The minimum atomic E-state index is 0.617. The van der Waals surface area contributed by atoms with Gasteiger partial charge in [0.15, 0.2) is 11.3 Å². The van der Waals surface area contributed by atoms with Crippen molar-refractivity contribution in [2.75, 3.05) is 98.9 Å². The summed E-state index contributed by atoms with van der Waals surface area (Å²) in [5.41, 5.74) is 12.4. The van der Waals surface area contributed by atoms with Crippen LogP contribution in [0.4, 0.5) is 28.4 Å². The van der Waals surface area contributed by atoms with Crippen LogP contribution in [0, 0.1) is 13.8 Å². The SMILES string of the molecule is Cc1c(-c2ccccn2)nc2ncccc2c1Cl.Cc1c(-c2ccccn2)nc2ncccc2c1N1CCOc2ccc(N3CCOCC3)cc21.c1cc2c(cc1N1CCOCC1)NCCO2. The van der Waals surface area contributed by atoms with E-state index in [0.717, 1.165) is 151 Å². The molecule has 4 aliphatic heterocycles. The van der Waals surface area contributed by atoms with Crippen molar-refractivity contribution in [1.82, 2.24) is 29.9 Å². The Balaban J connectivity index is 0.000000130. The first-order valence-corrected chi connectivity index (χ1v) is 23.1. The van der Waals surface area contributed by atoms with Crippen molar-refractivity contribution in [3.8, 4) is 34.3 Å². The molecule has 14 nitrogen and oxygen atoms in total. The maximum Gasteiger partial charge on any atom is 0.161 e. The number of anilines is 5. The van der Waals surface area contributed by atoms with Gasteiger partial charge in [-0.05, 0) is 104 Å². The molecule has 12 rings (SSSR count). The highest BCUT2D eigenvalue weighted by atomic mass is 35.5. The molecule has 2 fully saturated rings. The van der Waals surface area contributed by atoms with Gasteiger partial charge in [0.1, 0.15) is 24.7 Å². The van der Waals surface area contributed by atoms with E-state index in [1.807, 2.05) is 67.6 Å². The molecule has 0 atom stereocenters. The Morgan fingerprint density at radius 3 is 1.75 bits per heavy atom. The molecule has 0 unspecified atom stereocenters. The normalized spacial score (nSPS) is 15.4. The van der Waals surface area contributed by atoms with Crippen molar-refractivity contribution in [2.24, 2.45) is 0 Å². The first-order valence-electron chi connectivity index (χ1n) is 22.7. The first-order chi connectivity index (χ1) is 33.0. The lowest BCUT2D eigenvalue weighted by molar-refractivity contribution is 0.122. The largest absolute Gasteiger partial charge is 0.490 e. The molecule has 67 heavy (non-hydrogen) atoms. The molecule has 2 saturated heterocycles. The highest BCUT2D eigenvalue weighted by molar-refractivity contribution is 6.36. The van der Waals surface area contributed by atoms with Crippen LogP contribution in [0.25, 0.3) is 44.8 Å². The van der Waals surface area contributed by atoms with Crippen molar-refractivity contribution < 1.29 is 18.9 Å². The first kappa shape index (κ1) is 43.7. The number of hydrogen-bond donors (Lipinski definition) is 1. The standard InChI is InChI=1S/C26H25N5O2.C14H10ClN3.C12H16N2O2/c1-18-24(21-6-2-3-9-27-21)29-26-20(5-4-10-28-26)25(18)31-13-16-33-23-8-7-19(17-22(23)31)30-11-14-32-15-12-30;1-9-12(15)10-5-4-8-17-14(10)18-13(9)11-6-2-3-7-16-11;1-2-12-11(13-3-6-16-12)9-10(1)14-4-7-15-8-5-14/h2-10,17H,11-16H2,1H3;2-8H,1H3;1-2,9,13H,3-8H2. The minimum Gasteiger partial charge on any atom is -0.490 e. The van der Waals surface area contributed by atoms with Crippen LogP contribution >= 0.6 is 11.6 Å². The Hall–Kier alpha value is -7.13. The number of nitrogens with zero attached hydrogens (tertiary/aromatic N) is 9. The van der Waals surface area contributed by atoms with Crippen LogP contribution in [0.3, 0.4) is 0 Å². The van der Waals surface area contributed by atoms with Crippen LogP contribution in [0.15, 0.2) is 122 Å². The fourth-order valence-corrected chi connectivity index (χ4v) is 9.02. The van der Waals surface area contributed by atoms with Crippen LogP contribution < -0.4 is 29.5 Å². The summed E-state index contributed by atoms with van der Waals surface area (Å²) < 4.78 is 22.5. The summed E-state index contributed by atoms with van der Waals surface area (Å²) in [6.07, 6.45) is 7.05. The molecule has 4 aliphatic rings. The molecular weight excluding hydrogens is 864 g/mol. The van der Waals surface area contributed by atoms with Gasteiger partial charge in [-0.15, -0.1) is 0 Å². The lowest BCUT2D eigenvalue weighted by atomic mass is 10.0. The van der Waals surface area contributed by atoms with Crippen molar-refractivity contribution >= 4 is 62.1 Å². The third-order valence-electron chi connectivity index (χ3n) is 12.2. The topological polar surface area (TPSA) is 136 Å². The van der Waals surface area contributed by atoms with Gasteiger partial charge in [-0.1, -0.05) is 23.7 Å². The van der Waals surface area contributed by atoms with E-state index in [9.17, 15) is 0 Å². The van der Waals surface area contributed by atoms with E-state index in [0.29, 0.717) is 17.3 Å². The van der Waals surface area contributed by atoms with E-state index >= 15 is 0 Å². The number of halogens is 1. The van der Waals surface area contributed by atoms with Gasteiger partial charge in [0.2, 0.25) is 0 Å². The summed E-state index contributed by atoms with van der Waals surface area (Å²) in [6.45, 7) is 14.0. The summed E-state index contributed by atoms with van der Waals surface area (Å²) >= 11 is 6.37. The number of benzene rings is 2. The summed E-state index contributed by atoms with van der Waals surface area (Å²) in [5, 5.41) is 5.95. The van der Waals surface area contributed by atoms with Crippen LogP contribution in [0.5, 0.6) is 11.5 Å². The monoisotopic (exact) mass is 914 g/mol. The zero-order chi connectivity index (χ0) is 45.5. The second-order valence-corrected chi connectivity index (χ2v) is 16.7. The van der Waals surface area contributed by atoms with Crippen molar-refractivity contribution in [2.45, 2.75) is 13.8 Å². The van der Waals surface area contributed by atoms with Gasteiger partial charge in [-0.3, -0.25) is 9.97 Å². The molecule has 340 valence electrons. The number of pyridine rings is 6. The van der Waals surface area contributed by atoms with E-state index in [2.05, 4.69) is 88.3 Å². The number of nitrogens with one attached hydrogen (secondary N) is 1. The molecule has 6 aromatic heterocycles. The highest BCUT2D eigenvalue weighted by Crippen LogP contribution is 2.44. The number of aromatic nitrogens is 6. The van der Waals surface area contributed by atoms with Crippen LogP contribution in [0.2, 0.25) is 5.02 Å². The number of hydrogen-bond acceptors (Lipinski definition) is 14. The number of ether oxygens (including phenoxy) is 4.